The van der Waals surface area contributed by atoms with Gasteiger partial charge in [0, 0.05) is 18.3 Å². The van der Waals surface area contributed by atoms with Crippen molar-refractivity contribution >= 4 is 46.7 Å². The van der Waals surface area contributed by atoms with Crippen LogP contribution in [0.15, 0.2) is 70.9 Å². The van der Waals surface area contributed by atoms with E-state index in [9.17, 15) is 9.59 Å². The number of nitrogens with zero attached hydrogens (tertiary/aromatic N) is 2. The molecule has 3 rings (SSSR count). The van der Waals surface area contributed by atoms with E-state index in [4.69, 9.17) is 4.74 Å². The van der Waals surface area contributed by atoms with E-state index >= 15 is 0 Å². The molecule has 1 aliphatic heterocycles. The summed E-state index contributed by atoms with van der Waals surface area (Å²) in [5.41, 5.74) is 1.70. The number of allylic oxidation sites excluding steroid dienone is 1. The average molecular weight is 408 g/mol. The molecule has 0 spiro atoms. The molecule has 2 amide bonds. The van der Waals surface area contributed by atoms with Gasteiger partial charge in [0.2, 0.25) is 11.8 Å². The van der Waals surface area contributed by atoms with Crippen LogP contribution in [0.2, 0.25) is 0 Å². The van der Waals surface area contributed by atoms with Crippen molar-refractivity contribution in [1.82, 2.24) is 5.32 Å². The van der Waals surface area contributed by atoms with Gasteiger partial charge in [-0.05, 0) is 35.9 Å². The second-order valence-electron chi connectivity index (χ2n) is 6.02. The van der Waals surface area contributed by atoms with E-state index in [0.717, 1.165) is 5.56 Å². The molecule has 0 radical (unpaired) electrons. The molecule has 8 heteroatoms. The molecule has 1 fully saturated rings. The molecule has 1 heterocycles. The van der Waals surface area contributed by atoms with Crippen LogP contribution in [0, 0.1) is 0 Å². The zero-order chi connectivity index (χ0) is 20.5. The van der Waals surface area contributed by atoms with Gasteiger partial charge < -0.3 is 15.4 Å². The molecule has 0 aliphatic carbocycles. The number of carbonyl (C=O) groups excluding carboxylic acids is 2. The Morgan fingerprint density at radius 1 is 1.21 bits per heavy atom. The molecule has 2 aromatic carbocycles. The number of carbonyl (C=O) groups is 2. The van der Waals surface area contributed by atoms with Gasteiger partial charge in [0.1, 0.15) is 11.0 Å². The lowest BCUT2D eigenvalue weighted by Crippen LogP contribution is -2.28. The number of hydrogen-bond acceptors (Lipinski definition) is 6. The molecule has 1 unspecified atom stereocenters. The number of amides is 2. The Balaban J connectivity index is 1.48. The molecule has 148 valence electrons. The predicted octanol–water partition coefficient (Wildman–Crippen LogP) is 3.31. The normalized spacial score (nSPS) is 17.8. The quantitative estimate of drug-likeness (QED) is 0.543. The van der Waals surface area contributed by atoms with Crippen molar-refractivity contribution in [2.45, 2.75) is 11.7 Å². The predicted molar refractivity (Wildman–Crippen MR) is 117 cm³/mol. The van der Waals surface area contributed by atoms with Gasteiger partial charge >= 0.3 is 0 Å². The van der Waals surface area contributed by atoms with Crippen molar-refractivity contribution in [3.63, 3.8) is 0 Å². The maximum atomic E-state index is 12.2. The summed E-state index contributed by atoms with van der Waals surface area (Å²) >= 11 is 1.19. The minimum Gasteiger partial charge on any atom is -0.497 e. The van der Waals surface area contributed by atoms with Gasteiger partial charge in [-0.25, -0.2) is 0 Å². The smallest absolute Gasteiger partial charge is 0.240 e. The van der Waals surface area contributed by atoms with Gasteiger partial charge in [-0.2, -0.15) is 5.10 Å². The van der Waals surface area contributed by atoms with Gasteiger partial charge in [0.25, 0.3) is 0 Å². The minimum atomic E-state index is -0.540. The van der Waals surface area contributed by atoms with Gasteiger partial charge in [0.15, 0.2) is 5.17 Å². The van der Waals surface area contributed by atoms with Crippen LogP contribution in [-0.2, 0) is 9.59 Å². The molecule has 7 nitrogen and oxygen atoms in total. The molecule has 0 saturated carbocycles. The first-order valence-electron chi connectivity index (χ1n) is 8.88. The first-order chi connectivity index (χ1) is 14.1. The van der Waals surface area contributed by atoms with Crippen molar-refractivity contribution in [1.29, 1.82) is 0 Å². The summed E-state index contributed by atoms with van der Waals surface area (Å²) in [6.07, 6.45) is 5.24. The number of amidine groups is 1. The third kappa shape index (κ3) is 6.32. The summed E-state index contributed by atoms with van der Waals surface area (Å²) in [6.45, 7) is 0. The SMILES string of the molecule is COc1ccc(NC(=O)CC2S/C(=N/N=C/C=C/c3ccccc3)NC2=O)cc1. The molecule has 1 saturated heterocycles. The minimum absolute atomic E-state index is 0.0408. The van der Waals surface area contributed by atoms with Gasteiger partial charge in [-0.3, -0.25) is 9.59 Å². The van der Waals surface area contributed by atoms with Crippen LogP contribution in [0.3, 0.4) is 0 Å². The molecule has 2 N–H and O–H groups in total. The summed E-state index contributed by atoms with van der Waals surface area (Å²) in [6, 6.07) is 16.8. The molecule has 2 aromatic rings. The number of nitrogens with one attached hydrogen (secondary N) is 2. The monoisotopic (exact) mass is 408 g/mol. The number of hydrogen-bond donors (Lipinski definition) is 2. The number of anilines is 1. The van der Waals surface area contributed by atoms with Crippen LogP contribution < -0.4 is 15.4 Å². The van der Waals surface area contributed by atoms with Crippen LogP contribution in [0.4, 0.5) is 5.69 Å². The highest BCUT2D eigenvalue weighted by Crippen LogP contribution is 2.23. The van der Waals surface area contributed by atoms with E-state index < -0.39 is 5.25 Å². The largest absolute Gasteiger partial charge is 0.497 e. The Kier molecular flexibility index (Phi) is 7.18. The zero-order valence-corrected chi connectivity index (χ0v) is 16.6. The number of thioether (sulfide) groups is 1. The highest BCUT2D eigenvalue weighted by Gasteiger charge is 2.32. The summed E-state index contributed by atoms with van der Waals surface area (Å²) < 4.78 is 5.08. The first kappa shape index (κ1) is 20.3. The maximum Gasteiger partial charge on any atom is 0.240 e. The molecule has 0 bridgehead atoms. The van der Waals surface area contributed by atoms with E-state index in [1.807, 2.05) is 36.4 Å². The molecule has 29 heavy (non-hydrogen) atoms. The number of benzene rings is 2. The summed E-state index contributed by atoms with van der Waals surface area (Å²) in [5, 5.41) is 13.2. The van der Waals surface area contributed by atoms with E-state index in [-0.39, 0.29) is 18.2 Å². The third-order valence-electron chi connectivity index (χ3n) is 3.91. The van der Waals surface area contributed by atoms with Crippen molar-refractivity contribution < 1.29 is 14.3 Å². The van der Waals surface area contributed by atoms with E-state index in [1.54, 1.807) is 37.5 Å². The van der Waals surface area contributed by atoms with Crippen LogP contribution in [0.5, 0.6) is 5.75 Å². The topological polar surface area (TPSA) is 92.2 Å². The van der Waals surface area contributed by atoms with Crippen LogP contribution in [0.1, 0.15) is 12.0 Å². The Labute approximate surface area is 172 Å². The third-order valence-corrected chi connectivity index (χ3v) is 4.98. The average Bonchev–Trinajstić information content (AvgIpc) is 3.08. The highest BCUT2D eigenvalue weighted by molar-refractivity contribution is 8.15. The number of ether oxygens (including phenoxy) is 1. The Hall–Kier alpha value is -3.39. The second-order valence-corrected chi connectivity index (χ2v) is 7.21. The van der Waals surface area contributed by atoms with Gasteiger partial charge in [0.05, 0.1) is 7.11 Å². The fourth-order valence-electron chi connectivity index (χ4n) is 2.48. The van der Waals surface area contributed by atoms with E-state index in [1.165, 1.54) is 18.0 Å². The lowest BCUT2D eigenvalue weighted by atomic mass is 10.2. The summed E-state index contributed by atoms with van der Waals surface area (Å²) in [5.74, 6) is 0.195. The lowest BCUT2D eigenvalue weighted by molar-refractivity contribution is -0.122. The van der Waals surface area contributed by atoms with Crippen molar-refractivity contribution in [3.05, 3.63) is 66.2 Å². The summed E-state index contributed by atoms with van der Waals surface area (Å²) in [7, 11) is 1.58. The van der Waals surface area contributed by atoms with Gasteiger partial charge in [-0.15, -0.1) is 5.10 Å². The Bertz CT molecular complexity index is 940. The van der Waals surface area contributed by atoms with Crippen LogP contribution >= 0.6 is 11.8 Å². The van der Waals surface area contributed by atoms with Crippen molar-refractivity contribution in [2.75, 3.05) is 12.4 Å². The highest BCUT2D eigenvalue weighted by atomic mass is 32.2. The first-order valence-corrected chi connectivity index (χ1v) is 9.76. The fourth-order valence-corrected chi connectivity index (χ4v) is 3.41. The zero-order valence-electron chi connectivity index (χ0n) is 15.7. The Morgan fingerprint density at radius 2 is 1.97 bits per heavy atom. The van der Waals surface area contributed by atoms with Crippen molar-refractivity contribution in [2.24, 2.45) is 10.2 Å². The maximum absolute atomic E-state index is 12.2. The fraction of sp³-hybridized carbons (Fsp3) is 0.143. The molecular weight excluding hydrogens is 388 g/mol. The molecule has 0 aromatic heterocycles. The standard InChI is InChI=1S/C21H20N4O3S/c1-28-17-11-9-16(10-12-17)23-19(26)14-18-20(27)24-21(29-18)25-22-13-5-8-15-6-3-2-4-7-15/h2-13,18H,14H2,1H3,(H,23,26)(H,24,25,27)/b8-5+,22-13+. The second kappa shape index (κ2) is 10.2. The van der Waals surface area contributed by atoms with E-state index in [2.05, 4.69) is 20.8 Å². The van der Waals surface area contributed by atoms with Crippen LogP contribution in [0.25, 0.3) is 6.08 Å². The number of rotatable bonds is 7. The molecular formula is C21H20N4O3S. The number of methoxy groups -OCH3 is 1. The van der Waals surface area contributed by atoms with Crippen molar-refractivity contribution in [3.8, 4) is 5.75 Å². The lowest BCUT2D eigenvalue weighted by Gasteiger charge is -2.08. The molecule has 1 aliphatic rings. The summed E-state index contributed by atoms with van der Waals surface area (Å²) in [4.78, 5) is 24.2. The molecule has 1 atom stereocenters. The Morgan fingerprint density at radius 3 is 2.69 bits per heavy atom. The van der Waals surface area contributed by atoms with E-state index in [0.29, 0.717) is 16.6 Å². The van der Waals surface area contributed by atoms with Gasteiger partial charge in [-0.1, -0.05) is 48.2 Å². The van der Waals surface area contributed by atoms with Crippen LogP contribution in [-0.4, -0.2) is 35.6 Å².